The van der Waals surface area contributed by atoms with Gasteiger partial charge in [0.2, 0.25) is 5.91 Å². The predicted octanol–water partition coefficient (Wildman–Crippen LogP) is 3.89. The van der Waals surface area contributed by atoms with E-state index in [9.17, 15) is 17.6 Å². The van der Waals surface area contributed by atoms with Crippen molar-refractivity contribution < 1.29 is 22.3 Å². The number of carbonyl (C=O) groups excluding carboxylic acids is 1. The lowest BCUT2D eigenvalue weighted by Crippen LogP contribution is -2.18. The van der Waals surface area contributed by atoms with Crippen LogP contribution in [0.2, 0.25) is 0 Å². The molecule has 0 N–H and O–H groups in total. The first-order chi connectivity index (χ1) is 14.8. The molecule has 10 heteroatoms. The number of hydrogen-bond donors (Lipinski definition) is 0. The van der Waals surface area contributed by atoms with E-state index in [1.807, 2.05) is 10.8 Å². The highest BCUT2D eigenvalue weighted by molar-refractivity contribution is 7.98. The van der Waals surface area contributed by atoms with Gasteiger partial charge in [-0.3, -0.25) is 4.79 Å². The summed E-state index contributed by atoms with van der Waals surface area (Å²) >= 11 is 2.92. The minimum atomic E-state index is -3.50. The van der Waals surface area contributed by atoms with E-state index in [0.717, 1.165) is 16.0 Å². The number of nitrogens with zero attached hydrogens (tertiary/aromatic N) is 2. The molecule has 0 spiro atoms. The fourth-order valence-corrected chi connectivity index (χ4v) is 5.78. The molecule has 0 aliphatic rings. The zero-order valence-electron chi connectivity index (χ0n) is 17.2. The molecule has 1 amide bonds. The summed E-state index contributed by atoms with van der Waals surface area (Å²) in [4.78, 5) is 17.3. The van der Waals surface area contributed by atoms with E-state index < -0.39 is 15.7 Å². The molecule has 166 valence electrons. The molecule has 0 fully saturated rings. The fraction of sp³-hybridized carbons (Fsp3) is 0.333. The van der Waals surface area contributed by atoms with E-state index in [2.05, 4.69) is 4.99 Å². The number of benzene rings is 2. The molecule has 2 aromatic carbocycles. The molecule has 6 nitrogen and oxygen atoms in total. The van der Waals surface area contributed by atoms with E-state index >= 15 is 0 Å². The van der Waals surface area contributed by atoms with Crippen LogP contribution in [0.25, 0.3) is 10.2 Å². The number of methoxy groups -OCH3 is 1. The lowest BCUT2D eigenvalue weighted by Gasteiger charge is -2.05. The number of ether oxygens (including phenoxy) is 1. The lowest BCUT2D eigenvalue weighted by molar-refractivity contribution is -0.118. The van der Waals surface area contributed by atoms with Crippen molar-refractivity contribution in [3.63, 3.8) is 0 Å². The Morgan fingerprint density at radius 1 is 1.23 bits per heavy atom. The third-order valence-electron chi connectivity index (χ3n) is 4.61. The first-order valence-corrected chi connectivity index (χ1v) is 13.4. The van der Waals surface area contributed by atoms with Crippen molar-refractivity contribution in [2.24, 2.45) is 4.99 Å². The van der Waals surface area contributed by atoms with E-state index in [4.69, 9.17) is 4.74 Å². The molecule has 0 radical (unpaired) electrons. The Morgan fingerprint density at radius 2 is 1.97 bits per heavy atom. The highest BCUT2D eigenvalue weighted by Gasteiger charge is 2.15. The molecule has 1 heterocycles. The maximum absolute atomic E-state index is 13.6. The molecule has 0 atom stereocenters. The van der Waals surface area contributed by atoms with Gasteiger partial charge in [0, 0.05) is 18.7 Å². The first-order valence-electron chi connectivity index (χ1n) is 9.56. The minimum absolute atomic E-state index is 0.0144. The van der Waals surface area contributed by atoms with Gasteiger partial charge in [-0.1, -0.05) is 11.3 Å². The predicted molar refractivity (Wildman–Crippen MR) is 123 cm³/mol. The summed E-state index contributed by atoms with van der Waals surface area (Å²) in [6, 6.07) is 10.7. The van der Waals surface area contributed by atoms with E-state index in [-0.39, 0.29) is 29.3 Å². The van der Waals surface area contributed by atoms with Crippen molar-refractivity contribution >= 4 is 49.1 Å². The van der Waals surface area contributed by atoms with Crippen LogP contribution in [0.3, 0.4) is 0 Å². The Balaban J connectivity index is 1.72. The topological polar surface area (TPSA) is 77.7 Å². The van der Waals surface area contributed by atoms with Crippen LogP contribution in [0.4, 0.5) is 4.39 Å². The number of carbonyl (C=O) groups is 1. The summed E-state index contributed by atoms with van der Waals surface area (Å²) < 4.78 is 46.2. The van der Waals surface area contributed by atoms with Crippen molar-refractivity contribution in [3.8, 4) is 5.75 Å². The van der Waals surface area contributed by atoms with Gasteiger partial charge in [-0.25, -0.2) is 12.8 Å². The summed E-state index contributed by atoms with van der Waals surface area (Å²) in [6.45, 7) is 0.644. The van der Waals surface area contributed by atoms with Crippen LogP contribution < -0.4 is 9.54 Å². The van der Waals surface area contributed by atoms with E-state index in [0.29, 0.717) is 17.1 Å². The van der Waals surface area contributed by atoms with Gasteiger partial charge in [-0.05, 0) is 55.1 Å². The van der Waals surface area contributed by atoms with Gasteiger partial charge in [-0.2, -0.15) is 16.8 Å². The Labute approximate surface area is 188 Å². The number of aromatic nitrogens is 1. The molecule has 0 unspecified atom stereocenters. The van der Waals surface area contributed by atoms with Gasteiger partial charge < -0.3 is 9.30 Å². The number of aryl methyl sites for hydroxylation is 1. The van der Waals surface area contributed by atoms with Gasteiger partial charge in [0.05, 0.1) is 28.0 Å². The first kappa shape index (κ1) is 23.5. The molecule has 3 aromatic rings. The molecule has 3 rings (SSSR count). The van der Waals surface area contributed by atoms with Gasteiger partial charge in [-0.15, -0.1) is 0 Å². The maximum atomic E-state index is 13.6. The average molecular weight is 483 g/mol. The summed E-state index contributed by atoms with van der Waals surface area (Å²) in [5.41, 5.74) is 0.828. The Bertz CT molecular complexity index is 1230. The number of sulfone groups is 1. The fourth-order valence-electron chi connectivity index (χ4n) is 3.01. The molecule has 0 bridgehead atoms. The third-order valence-corrected chi connectivity index (χ3v) is 8.05. The van der Waals surface area contributed by atoms with Gasteiger partial charge in [0.1, 0.15) is 11.6 Å². The van der Waals surface area contributed by atoms with Crippen LogP contribution in [0, 0.1) is 5.82 Å². The number of thioether (sulfide) groups is 1. The minimum Gasteiger partial charge on any atom is -0.497 e. The molecular weight excluding hydrogens is 459 g/mol. The number of fused-ring (bicyclic) bond motifs is 1. The molecule has 0 saturated carbocycles. The smallest absolute Gasteiger partial charge is 0.248 e. The zero-order valence-corrected chi connectivity index (χ0v) is 19.7. The highest BCUT2D eigenvalue weighted by atomic mass is 32.2. The Morgan fingerprint density at radius 3 is 2.65 bits per heavy atom. The molecular formula is C21H23FN2O4S3. The van der Waals surface area contributed by atoms with Crippen molar-refractivity contribution in [2.45, 2.75) is 24.3 Å². The van der Waals surface area contributed by atoms with Crippen LogP contribution in [-0.4, -0.2) is 43.8 Å². The van der Waals surface area contributed by atoms with Crippen molar-refractivity contribution in [1.82, 2.24) is 4.57 Å². The molecule has 1 aromatic heterocycles. The average Bonchev–Trinajstić information content (AvgIpc) is 3.07. The highest BCUT2D eigenvalue weighted by Crippen LogP contribution is 2.20. The number of halogens is 1. The summed E-state index contributed by atoms with van der Waals surface area (Å²) in [5.74, 6) is 0.517. The largest absolute Gasteiger partial charge is 0.497 e. The summed E-state index contributed by atoms with van der Waals surface area (Å²) in [6.07, 6.45) is 2.17. The van der Waals surface area contributed by atoms with Gasteiger partial charge in [0.25, 0.3) is 0 Å². The standard InChI is InChI=1S/C21H23FN2O4S3/c1-28-16-6-8-17(9-7-16)31(26,27)13-3-4-20(25)23-21-24(11-12-29-2)18-10-5-15(22)14-19(18)30-21/h5-10,14H,3-4,11-13H2,1-2H3. The van der Waals surface area contributed by atoms with Crippen LogP contribution in [0.1, 0.15) is 12.8 Å². The summed E-state index contributed by atoms with van der Waals surface area (Å²) in [7, 11) is -1.99. The zero-order chi connectivity index (χ0) is 22.4. The van der Waals surface area contributed by atoms with Crippen molar-refractivity contribution in [1.29, 1.82) is 0 Å². The number of amides is 1. The molecule has 0 aliphatic carbocycles. The molecule has 0 saturated heterocycles. The number of hydrogen-bond acceptors (Lipinski definition) is 6. The monoisotopic (exact) mass is 482 g/mol. The second-order valence-corrected chi connectivity index (χ2v) is 10.8. The molecule has 0 aliphatic heterocycles. The second kappa shape index (κ2) is 10.4. The van der Waals surface area contributed by atoms with Crippen LogP contribution >= 0.6 is 23.1 Å². The normalized spacial score (nSPS) is 12.4. The van der Waals surface area contributed by atoms with Crippen molar-refractivity contribution in [2.75, 3.05) is 24.9 Å². The van der Waals surface area contributed by atoms with E-state index in [1.165, 1.54) is 42.7 Å². The van der Waals surface area contributed by atoms with Gasteiger partial charge in [0.15, 0.2) is 14.6 Å². The van der Waals surface area contributed by atoms with Crippen LogP contribution in [-0.2, 0) is 21.2 Å². The number of rotatable bonds is 9. The van der Waals surface area contributed by atoms with E-state index in [1.54, 1.807) is 30.0 Å². The quantitative estimate of drug-likeness (QED) is 0.462. The summed E-state index contributed by atoms with van der Waals surface area (Å²) in [5, 5.41) is 0. The second-order valence-electron chi connectivity index (χ2n) is 6.74. The maximum Gasteiger partial charge on any atom is 0.248 e. The van der Waals surface area contributed by atoms with Gasteiger partial charge >= 0.3 is 0 Å². The van der Waals surface area contributed by atoms with Crippen LogP contribution in [0.15, 0.2) is 52.4 Å². The van der Waals surface area contributed by atoms with Crippen LogP contribution in [0.5, 0.6) is 5.75 Å². The third kappa shape index (κ3) is 5.96. The lowest BCUT2D eigenvalue weighted by atomic mass is 10.3. The number of thiazole rings is 1. The SMILES string of the molecule is COc1ccc(S(=O)(=O)CCCC(=O)N=c2sc3cc(F)ccc3n2CCSC)cc1. The Kier molecular flexibility index (Phi) is 7.90. The Hall–Kier alpha value is -2.17. The molecule has 31 heavy (non-hydrogen) atoms. The van der Waals surface area contributed by atoms with Crippen molar-refractivity contribution in [3.05, 3.63) is 53.1 Å².